The molecule has 0 bridgehead atoms. The van der Waals surface area contributed by atoms with Crippen LogP contribution in [0, 0.1) is 6.92 Å². The van der Waals surface area contributed by atoms with Crippen molar-refractivity contribution in [1.82, 2.24) is 15.1 Å². The lowest BCUT2D eigenvalue weighted by Crippen LogP contribution is -2.23. The Hall–Kier alpha value is -1.55. The summed E-state index contributed by atoms with van der Waals surface area (Å²) in [5, 5.41) is 7.87. The number of hydrogen-bond acceptors (Lipinski definition) is 3. The summed E-state index contributed by atoms with van der Waals surface area (Å²) >= 11 is 0. The van der Waals surface area contributed by atoms with Crippen molar-refractivity contribution in [2.75, 3.05) is 6.54 Å². The Balaban J connectivity index is 2.19. The number of aryl methyl sites for hydroxylation is 2. The molecule has 4 heteroatoms. The minimum absolute atomic E-state index is 0.264. The summed E-state index contributed by atoms with van der Waals surface area (Å²) in [5.74, 6) is 0.999. The van der Waals surface area contributed by atoms with Crippen LogP contribution in [-0.4, -0.2) is 16.3 Å². The van der Waals surface area contributed by atoms with Gasteiger partial charge in [0.25, 0.3) is 0 Å². The highest BCUT2D eigenvalue weighted by atomic mass is 16.3. The van der Waals surface area contributed by atoms with Gasteiger partial charge in [0.2, 0.25) is 0 Å². The van der Waals surface area contributed by atoms with Crippen molar-refractivity contribution in [3.63, 3.8) is 0 Å². The van der Waals surface area contributed by atoms with Crippen molar-refractivity contribution in [2.45, 2.75) is 26.3 Å². The number of nitrogens with one attached hydrogen (secondary N) is 1. The van der Waals surface area contributed by atoms with Crippen LogP contribution in [0.3, 0.4) is 0 Å². The third-order valence-corrected chi connectivity index (χ3v) is 2.86. The first-order valence-corrected chi connectivity index (χ1v) is 5.96. The van der Waals surface area contributed by atoms with Crippen LogP contribution in [0.2, 0.25) is 0 Å². The van der Waals surface area contributed by atoms with Crippen LogP contribution < -0.4 is 5.32 Å². The van der Waals surface area contributed by atoms with Crippen LogP contribution in [0.15, 0.2) is 29.0 Å². The molecule has 2 heterocycles. The summed E-state index contributed by atoms with van der Waals surface area (Å²) in [6, 6.07) is 4.20. The zero-order valence-corrected chi connectivity index (χ0v) is 10.6. The molecule has 2 rings (SSSR count). The minimum Gasteiger partial charge on any atom is -0.469 e. The minimum atomic E-state index is 0.264. The highest BCUT2D eigenvalue weighted by Gasteiger charge is 2.17. The SMILES string of the molecule is CCNC(Cc1ccco1)c1cn(C)nc1C. The van der Waals surface area contributed by atoms with Crippen molar-refractivity contribution in [1.29, 1.82) is 0 Å². The summed E-state index contributed by atoms with van der Waals surface area (Å²) in [7, 11) is 1.95. The summed E-state index contributed by atoms with van der Waals surface area (Å²) in [6.45, 7) is 5.09. The Morgan fingerprint density at radius 2 is 2.35 bits per heavy atom. The van der Waals surface area contributed by atoms with Crippen molar-refractivity contribution in [3.05, 3.63) is 41.6 Å². The molecular formula is C13H19N3O. The van der Waals surface area contributed by atoms with Crippen molar-refractivity contribution in [2.24, 2.45) is 7.05 Å². The van der Waals surface area contributed by atoms with Gasteiger partial charge in [0, 0.05) is 31.3 Å². The maximum absolute atomic E-state index is 5.41. The molecule has 4 nitrogen and oxygen atoms in total. The Morgan fingerprint density at radius 3 is 2.88 bits per heavy atom. The molecule has 0 aliphatic carbocycles. The highest BCUT2D eigenvalue weighted by molar-refractivity contribution is 5.21. The number of furan rings is 1. The molecule has 92 valence electrons. The quantitative estimate of drug-likeness (QED) is 0.861. The normalized spacial score (nSPS) is 12.9. The first-order valence-electron chi connectivity index (χ1n) is 5.96. The van der Waals surface area contributed by atoms with Gasteiger partial charge in [0.05, 0.1) is 12.0 Å². The maximum atomic E-state index is 5.41. The predicted octanol–water partition coefficient (Wildman–Crippen LogP) is 2.21. The number of rotatable bonds is 5. The third-order valence-electron chi connectivity index (χ3n) is 2.86. The average Bonchev–Trinajstić information content (AvgIpc) is 2.88. The summed E-state index contributed by atoms with van der Waals surface area (Å²) in [4.78, 5) is 0. The molecule has 0 aromatic carbocycles. The maximum Gasteiger partial charge on any atom is 0.105 e. The van der Waals surface area contributed by atoms with E-state index in [-0.39, 0.29) is 6.04 Å². The van der Waals surface area contributed by atoms with Crippen molar-refractivity contribution in [3.8, 4) is 0 Å². The summed E-state index contributed by atoms with van der Waals surface area (Å²) in [6.07, 6.45) is 4.65. The standard InChI is InChI=1S/C13H19N3O/c1-4-14-13(8-11-6-5-7-17-11)12-9-16(3)15-10(12)2/h5-7,9,13-14H,4,8H2,1-3H3. The molecule has 0 saturated carbocycles. The number of hydrogen-bond donors (Lipinski definition) is 1. The molecular weight excluding hydrogens is 214 g/mol. The van der Waals surface area contributed by atoms with Crippen LogP contribution in [0.4, 0.5) is 0 Å². The van der Waals surface area contributed by atoms with Gasteiger partial charge < -0.3 is 9.73 Å². The van der Waals surface area contributed by atoms with Gasteiger partial charge in [-0.25, -0.2) is 0 Å². The van der Waals surface area contributed by atoms with Crippen molar-refractivity contribution < 1.29 is 4.42 Å². The van der Waals surface area contributed by atoms with Crippen LogP contribution in [0.5, 0.6) is 0 Å². The number of aromatic nitrogens is 2. The molecule has 1 N–H and O–H groups in total. The monoisotopic (exact) mass is 233 g/mol. The van der Waals surface area contributed by atoms with E-state index in [2.05, 4.69) is 23.5 Å². The number of likely N-dealkylation sites (N-methyl/N-ethyl adjacent to an activating group) is 1. The lowest BCUT2D eigenvalue weighted by atomic mass is 10.0. The van der Waals surface area contributed by atoms with E-state index >= 15 is 0 Å². The van der Waals surface area contributed by atoms with Gasteiger partial charge in [-0.05, 0) is 25.6 Å². The second-order valence-corrected chi connectivity index (χ2v) is 4.24. The first-order chi connectivity index (χ1) is 8.20. The van der Waals surface area contributed by atoms with E-state index in [0.29, 0.717) is 0 Å². The lowest BCUT2D eigenvalue weighted by Gasteiger charge is -2.15. The van der Waals surface area contributed by atoms with Crippen molar-refractivity contribution >= 4 is 0 Å². The predicted molar refractivity (Wildman–Crippen MR) is 66.8 cm³/mol. The Kier molecular flexibility index (Phi) is 3.64. The Bertz CT molecular complexity index is 459. The smallest absolute Gasteiger partial charge is 0.105 e. The average molecular weight is 233 g/mol. The molecule has 0 fully saturated rings. The fourth-order valence-corrected chi connectivity index (χ4v) is 2.13. The van der Waals surface area contributed by atoms with Gasteiger partial charge in [-0.15, -0.1) is 0 Å². The zero-order chi connectivity index (χ0) is 12.3. The highest BCUT2D eigenvalue weighted by Crippen LogP contribution is 2.21. The zero-order valence-electron chi connectivity index (χ0n) is 10.6. The Morgan fingerprint density at radius 1 is 1.53 bits per heavy atom. The van der Waals surface area contributed by atoms with Gasteiger partial charge in [-0.2, -0.15) is 5.10 Å². The molecule has 17 heavy (non-hydrogen) atoms. The molecule has 0 radical (unpaired) electrons. The van der Waals surface area contributed by atoms with Crippen LogP contribution in [0.1, 0.15) is 30.0 Å². The van der Waals surface area contributed by atoms with E-state index in [0.717, 1.165) is 24.4 Å². The summed E-state index contributed by atoms with van der Waals surface area (Å²) in [5.41, 5.74) is 2.32. The van der Waals surface area contributed by atoms with Crippen LogP contribution in [-0.2, 0) is 13.5 Å². The molecule has 0 amide bonds. The molecule has 2 aromatic heterocycles. The van der Waals surface area contributed by atoms with Gasteiger partial charge in [0.15, 0.2) is 0 Å². The number of nitrogens with zero attached hydrogens (tertiary/aromatic N) is 2. The second kappa shape index (κ2) is 5.19. The van der Waals surface area contributed by atoms with E-state index in [1.165, 1.54) is 5.56 Å². The Labute approximate surface area is 102 Å². The molecule has 0 spiro atoms. The second-order valence-electron chi connectivity index (χ2n) is 4.24. The molecule has 1 unspecified atom stereocenters. The largest absolute Gasteiger partial charge is 0.469 e. The van der Waals surface area contributed by atoms with Gasteiger partial charge in [0.1, 0.15) is 5.76 Å². The van der Waals surface area contributed by atoms with E-state index < -0.39 is 0 Å². The van der Waals surface area contributed by atoms with E-state index in [4.69, 9.17) is 4.42 Å². The first kappa shape index (κ1) is 11.9. The van der Waals surface area contributed by atoms with E-state index in [1.54, 1.807) is 6.26 Å². The van der Waals surface area contributed by atoms with Crippen LogP contribution in [0.25, 0.3) is 0 Å². The van der Waals surface area contributed by atoms with Gasteiger partial charge >= 0.3 is 0 Å². The molecule has 0 aliphatic rings. The third kappa shape index (κ3) is 2.77. The van der Waals surface area contributed by atoms with E-state index in [9.17, 15) is 0 Å². The van der Waals surface area contributed by atoms with Gasteiger partial charge in [-0.3, -0.25) is 4.68 Å². The topological polar surface area (TPSA) is 43.0 Å². The van der Waals surface area contributed by atoms with Crippen LogP contribution >= 0.6 is 0 Å². The van der Waals surface area contributed by atoms with Gasteiger partial charge in [-0.1, -0.05) is 6.92 Å². The van der Waals surface area contributed by atoms with E-state index in [1.807, 2.05) is 30.8 Å². The lowest BCUT2D eigenvalue weighted by molar-refractivity contribution is 0.454. The molecule has 0 saturated heterocycles. The fourth-order valence-electron chi connectivity index (χ4n) is 2.13. The molecule has 2 aromatic rings. The molecule has 0 aliphatic heterocycles. The fraction of sp³-hybridized carbons (Fsp3) is 0.462. The molecule has 1 atom stereocenters. The summed E-state index contributed by atoms with van der Waals surface area (Å²) < 4.78 is 7.27.